The van der Waals surface area contributed by atoms with Crippen molar-refractivity contribution in [2.24, 2.45) is 4.99 Å². The summed E-state index contributed by atoms with van der Waals surface area (Å²) >= 11 is 0. The van der Waals surface area contributed by atoms with E-state index < -0.39 is 10.0 Å². The van der Waals surface area contributed by atoms with Gasteiger partial charge in [0, 0.05) is 39.3 Å². The predicted octanol–water partition coefficient (Wildman–Crippen LogP) is 0.996. The molecule has 1 fully saturated rings. The van der Waals surface area contributed by atoms with Crippen molar-refractivity contribution in [1.29, 1.82) is 0 Å². The molecular weight excluding hydrogens is 481 g/mol. The van der Waals surface area contributed by atoms with Crippen LogP contribution in [0.15, 0.2) is 29.3 Å². The second kappa shape index (κ2) is 11.5. The van der Waals surface area contributed by atoms with E-state index in [1.807, 2.05) is 18.2 Å². The van der Waals surface area contributed by atoms with Gasteiger partial charge in [0.25, 0.3) is 0 Å². The number of nitrogens with zero attached hydrogens (tertiary/aromatic N) is 2. The number of ether oxygens (including phenoxy) is 1. The molecule has 1 aromatic rings. The molecule has 0 radical (unpaired) electrons. The zero-order chi connectivity index (χ0) is 19.0. The van der Waals surface area contributed by atoms with Crippen LogP contribution in [0, 0.1) is 0 Å². The molecule has 0 spiro atoms. The second-order valence-corrected chi connectivity index (χ2v) is 8.10. The second-order valence-electron chi connectivity index (χ2n) is 6.27. The number of para-hydroxylation sites is 2. The van der Waals surface area contributed by atoms with Gasteiger partial charge in [-0.3, -0.25) is 4.99 Å². The molecule has 0 saturated carbocycles. The minimum atomic E-state index is -3.13. The van der Waals surface area contributed by atoms with Crippen LogP contribution >= 0.6 is 24.0 Å². The van der Waals surface area contributed by atoms with Gasteiger partial charge < -0.3 is 20.3 Å². The summed E-state index contributed by atoms with van der Waals surface area (Å²) in [5, 5.41) is 6.65. The van der Waals surface area contributed by atoms with Crippen molar-refractivity contribution in [2.75, 3.05) is 51.5 Å². The maximum atomic E-state index is 11.0. The Morgan fingerprint density at radius 1 is 1.33 bits per heavy atom. The normalized spacial score (nSPS) is 17.4. The van der Waals surface area contributed by atoms with Gasteiger partial charge in [0.15, 0.2) is 5.96 Å². The standard InChI is InChI=1S/C17H29N5O3S.HI/c1-18-17(19-10-6-11-20-26(3,23)24)21-14-9-12-22(13-14)15-7-4-5-8-16(15)25-2;/h4-5,7-8,14,20H,6,9-13H2,1-3H3,(H2,18,19,21);1H. The van der Waals surface area contributed by atoms with Crippen molar-refractivity contribution in [3.63, 3.8) is 0 Å². The highest BCUT2D eigenvalue weighted by Gasteiger charge is 2.25. The van der Waals surface area contributed by atoms with Gasteiger partial charge in [-0.1, -0.05) is 12.1 Å². The maximum Gasteiger partial charge on any atom is 0.208 e. The summed E-state index contributed by atoms with van der Waals surface area (Å²) in [4.78, 5) is 6.55. The molecule has 0 bridgehead atoms. The lowest BCUT2D eigenvalue weighted by atomic mass is 10.2. The third kappa shape index (κ3) is 8.09. The van der Waals surface area contributed by atoms with Crippen LogP contribution in [0.5, 0.6) is 5.75 Å². The fourth-order valence-electron chi connectivity index (χ4n) is 2.93. The van der Waals surface area contributed by atoms with E-state index in [1.54, 1.807) is 14.2 Å². The Balaban J connectivity index is 0.00000364. The van der Waals surface area contributed by atoms with Crippen molar-refractivity contribution in [2.45, 2.75) is 18.9 Å². The summed E-state index contributed by atoms with van der Waals surface area (Å²) < 4.78 is 30.0. The molecule has 1 unspecified atom stereocenters. The molecule has 1 saturated heterocycles. The van der Waals surface area contributed by atoms with E-state index in [1.165, 1.54) is 0 Å². The van der Waals surface area contributed by atoms with Crippen molar-refractivity contribution >= 4 is 45.6 Å². The van der Waals surface area contributed by atoms with Gasteiger partial charge in [0.2, 0.25) is 10.0 Å². The van der Waals surface area contributed by atoms with Gasteiger partial charge in [0.05, 0.1) is 19.1 Å². The number of methoxy groups -OCH3 is 1. The average molecular weight is 511 g/mol. The monoisotopic (exact) mass is 511 g/mol. The average Bonchev–Trinajstić information content (AvgIpc) is 3.07. The lowest BCUT2D eigenvalue weighted by Gasteiger charge is -2.22. The van der Waals surface area contributed by atoms with Gasteiger partial charge in [-0.2, -0.15) is 0 Å². The molecule has 10 heteroatoms. The van der Waals surface area contributed by atoms with Crippen LogP contribution in [0.2, 0.25) is 0 Å². The van der Waals surface area contributed by atoms with E-state index in [0.717, 1.165) is 43.2 Å². The summed E-state index contributed by atoms with van der Waals surface area (Å²) in [5.74, 6) is 1.62. The summed E-state index contributed by atoms with van der Waals surface area (Å²) in [6.07, 6.45) is 2.86. The molecular formula is C17H30IN5O3S. The predicted molar refractivity (Wildman–Crippen MR) is 121 cm³/mol. The number of aliphatic imine (C=N–C) groups is 1. The molecule has 2 rings (SSSR count). The fraction of sp³-hybridized carbons (Fsp3) is 0.588. The molecule has 0 aromatic heterocycles. The third-order valence-electron chi connectivity index (χ3n) is 4.19. The van der Waals surface area contributed by atoms with Crippen LogP contribution in [0.4, 0.5) is 5.69 Å². The minimum absolute atomic E-state index is 0. The van der Waals surface area contributed by atoms with Gasteiger partial charge in [-0.25, -0.2) is 13.1 Å². The highest BCUT2D eigenvalue weighted by molar-refractivity contribution is 14.0. The third-order valence-corrected chi connectivity index (χ3v) is 4.92. The number of anilines is 1. The molecule has 3 N–H and O–H groups in total. The first kappa shape index (κ1) is 23.8. The Morgan fingerprint density at radius 2 is 2.07 bits per heavy atom. The molecule has 8 nitrogen and oxygen atoms in total. The van der Waals surface area contributed by atoms with Gasteiger partial charge in [0.1, 0.15) is 5.75 Å². The zero-order valence-corrected chi connectivity index (χ0v) is 19.2. The lowest BCUT2D eigenvalue weighted by molar-refractivity contribution is 0.415. The molecule has 1 aliphatic heterocycles. The number of rotatable bonds is 8. The molecule has 0 aliphatic carbocycles. The first-order valence-electron chi connectivity index (χ1n) is 8.72. The Morgan fingerprint density at radius 3 is 2.74 bits per heavy atom. The maximum absolute atomic E-state index is 11.0. The highest BCUT2D eigenvalue weighted by atomic mass is 127. The molecule has 27 heavy (non-hydrogen) atoms. The SMILES string of the molecule is CN=C(NCCCNS(C)(=O)=O)NC1CCN(c2ccccc2OC)C1.I. The van der Waals surface area contributed by atoms with E-state index >= 15 is 0 Å². The number of nitrogens with one attached hydrogen (secondary N) is 3. The number of halogens is 1. The Labute approximate surface area is 179 Å². The van der Waals surface area contributed by atoms with Crippen LogP contribution < -0.4 is 25.0 Å². The number of hydrogen-bond donors (Lipinski definition) is 3. The van der Waals surface area contributed by atoms with E-state index in [9.17, 15) is 8.42 Å². The highest BCUT2D eigenvalue weighted by Crippen LogP contribution is 2.30. The lowest BCUT2D eigenvalue weighted by Crippen LogP contribution is -2.45. The van der Waals surface area contributed by atoms with Crippen molar-refractivity contribution < 1.29 is 13.2 Å². The van der Waals surface area contributed by atoms with E-state index in [4.69, 9.17) is 4.74 Å². The quantitative estimate of drug-likeness (QED) is 0.209. The molecule has 1 atom stereocenters. The summed E-state index contributed by atoms with van der Waals surface area (Å²) in [5.41, 5.74) is 1.11. The molecule has 0 amide bonds. The van der Waals surface area contributed by atoms with Crippen LogP contribution in [-0.2, 0) is 10.0 Å². The zero-order valence-electron chi connectivity index (χ0n) is 16.1. The van der Waals surface area contributed by atoms with Crippen molar-refractivity contribution in [3.8, 4) is 5.75 Å². The first-order chi connectivity index (χ1) is 12.4. The molecule has 1 aromatic carbocycles. The van der Waals surface area contributed by atoms with Gasteiger partial charge in [-0.05, 0) is 25.0 Å². The first-order valence-corrected chi connectivity index (χ1v) is 10.6. The Hall–Kier alpha value is -1.27. The van der Waals surface area contributed by atoms with Gasteiger partial charge in [-0.15, -0.1) is 24.0 Å². The van der Waals surface area contributed by atoms with Crippen molar-refractivity contribution in [1.82, 2.24) is 15.4 Å². The number of hydrogen-bond acceptors (Lipinski definition) is 5. The number of benzene rings is 1. The van der Waals surface area contributed by atoms with Crippen LogP contribution in [0.1, 0.15) is 12.8 Å². The largest absolute Gasteiger partial charge is 0.495 e. The Kier molecular flexibility index (Phi) is 10.2. The summed E-state index contributed by atoms with van der Waals surface area (Å²) in [6.45, 7) is 2.88. The Bertz CT molecular complexity index is 714. The van der Waals surface area contributed by atoms with Crippen molar-refractivity contribution in [3.05, 3.63) is 24.3 Å². The van der Waals surface area contributed by atoms with Crippen LogP contribution in [0.3, 0.4) is 0 Å². The molecule has 1 aliphatic rings. The fourth-order valence-corrected chi connectivity index (χ4v) is 3.44. The summed E-state index contributed by atoms with van der Waals surface area (Å²) in [7, 11) is 0.296. The number of sulfonamides is 1. The smallest absolute Gasteiger partial charge is 0.208 e. The van der Waals surface area contributed by atoms with E-state index in [0.29, 0.717) is 25.6 Å². The van der Waals surface area contributed by atoms with Crippen LogP contribution in [-0.4, -0.2) is 67.0 Å². The van der Waals surface area contributed by atoms with E-state index in [2.05, 4.69) is 31.3 Å². The number of guanidine groups is 1. The topological polar surface area (TPSA) is 95.1 Å². The molecule has 154 valence electrons. The van der Waals surface area contributed by atoms with E-state index in [-0.39, 0.29) is 24.0 Å². The minimum Gasteiger partial charge on any atom is -0.495 e. The molecule has 1 heterocycles. The summed E-state index contributed by atoms with van der Waals surface area (Å²) in [6, 6.07) is 8.33. The van der Waals surface area contributed by atoms with Crippen LogP contribution in [0.25, 0.3) is 0 Å². The van der Waals surface area contributed by atoms with Gasteiger partial charge >= 0.3 is 0 Å².